The van der Waals surface area contributed by atoms with Crippen molar-refractivity contribution in [1.82, 2.24) is 10.2 Å². The Balaban J connectivity index is 2.72. The SMILES string of the molecule is CCOc1ccccc1CN(CC)C(=O)NCC(=O)O. The molecule has 110 valence electrons. The number of nitrogens with zero attached hydrogens (tertiary/aromatic N) is 1. The third-order valence-electron chi connectivity index (χ3n) is 2.69. The third kappa shape index (κ3) is 4.79. The molecule has 1 aromatic rings. The lowest BCUT2D eigenvalue weighted by Crippen LogP contribution is -2.41. The minimum atomic E-state index is -1.07. The Morgan fingerprint density at radius 3 is 2.60 bits per heavy atom. The Morgan fingerprint density at radius 2 is 2.00 bits per heavy atom. The average Bonchev–Trinajstić information content (AvgIpc) is 2.44. The maximum Gasteiger partial charge on any atom is 0.323 e. The topological polar surface area (TPSA) is 78.9 Å². The third-order valence-corrected chi connectivity index (χ3v) is 2.69. The van der Waals surface area contributed by atoms with Gasteiger partial charge < -0.3 is 20.1 Å². The number of hydrogen-bond acceptors (Lipinski definition) is 3. The van der Waals surface area contributed by atoms with E-state index in [0.29, 0.717) is 19.7 Å². The number of carboxylic acid groups (broad SMARTS) is 1. The number of carbonyl (C=O) groups is 2. The zero-order valence-corrected chi connectivity index (χ0v) is 11.8. The van der Waals surface area contributed by atoms with Gasteiger partial charge in [0, 0.05) is 12.1 Å². The number of rotatable bonds is 7. The van der Waals surface area contributed by atoms with Crippen molar-refractivity contribution >= 4 is 12.0 Å². The molecule has 20 heavy (non-hydrogen) atoms. The van der Waals surface area contributed by atoms with Crippen molar-refractivity contribution in [3.63, 3.8) is 0 Å². The molecule has 0 saturated carbocycles. The van der Waals surface area contributed by atoms with Crippen molar-refractivity contribution in [2.45, 2.75) is 20.4 Å². The summed E-state index contributed by atoms with van der Waals surface area (Å²) in [6.07, 6.45) is 0. The summed E-state index contributed by atoms with van der Waals surface area (Å²) in [7, 11) is 0. The monoisotopic (exact) mass is 280 g/mol. The van der Waals surface area contributed by atoms with Crippen LogP contribution in [0.15, 0.2) is 24.3 Å². The van der Waals surface area contributed by atoms with E-state index in [4.69, 9.17) is 9.84 Å². The van der Waals surface area contributed by atoms with Crippen LogP contribution in [-0.4, -0.2) is 41.7 Å². The van der Waals surface area contributed by atoms with Crippen LogP contribution in [0.4, 0.5) is 4.79 Å². The second-order valence-corrected chi connectivity index (χ2v) is 4.11. The Bertz CT molecular complexity index is 462. The number of amides is 2. The first-order chi connectivity index (χ1) is 9.58. The molecule has 2 amide bonds. The van der Waals surface area contributed by atoms with Gasteiger partial charge in [-0.3, -0.25) is 4.79 Å². The summed E-state index contributed by atoms with van der Waals surface area (Å²) in [5.41, 5.74) is 0.890. The van der Waals surface area contributed by atoms with E-state index in [2.05, 4.69) is 5.32 Å². The highest BCUT2D eigenvalue weighted by Gasteiger charge is 2.14. The van der Waals surface area contributed by atoms with Crippen molar-refractivity contribution in [2.24, 2.45) is 0 Å². The summed E-state index contributed by atoms with van der Waals surface area (Å²) in [5, 5.41) is 10.9. The number of urea groups is 1. The molecule has 0 spiro atoms. The molecule has 6 nitrogen and oxygen atoms in total. The molecule has 0 atom stereocenters. The summed E-state index contributed by atoms with van der Waals surface area (Å²) in [5.74, 6) is -0.330. The molecule has 0 radical (unpaired) electrons. The van der Waals surface area contributed by atoms with E-state index in [9.17, 15) is 9.59 Å². The number of ether oxygens (including phenoxy) is 1. The highest BCUT2D eigenvalue weighted by Crippen LogP contribution is 2.19. The number of carbonyl (C=O) groups excluding carboxylic acids is 1. The number of nitrogens with one attached hydrogen (secondary N) is 1. The van der Waals surface area contributed by atoms with Gasteiger partial charge in [0.15, 0.2) is 0 Å². The van der Waals surface area contributed by atoms with Gasteiger partial charge in [0.05, 0.1) is 13.2 Å². The largest absolute Gasteiger partial charge is 0.494 e. The standard InChI is InChI=1S/C14H20N2O4/c1-3-16(14(19)15-9-13(17)18)10-11-7-5-6-8-12(11)20-4-2/h5-8H,3-4,9-10H2,1-2H3,(H,15,19)(H,17,18). The van der Waals surface area contributed by atoms with Gasteiger partial charge in [0.2, 0.25) is 0 Å². The predicted molar refractivity (Wildman–Crippen MR) is 74.7 cm³/mol. The minimum absolute atomic E-state index is 0.373. The van der Waals surface area contributed by atoms with Crippen molar-refractivity contribution in [3.05, 3.63) is 29.8 Å². The summed E-state index contributed by atoms with van der Waals surface area (Å²) < 4.78 is 5.51. The molecule has 1 aromatic carbocycles. The van der Waals surface area contributed by atoms with Crippen molar-refractivity contribution in [2.75, 3.05) is 19.7 Å². The zero-order chi connectivity index (χ0) is 15.0. The van der Waals surface area contributed by atoms with Crippen LogP contribution in [0.5, 0.6) is 5.75 Å². The maximum absolute atomic E-state index is 11.9. The number of para-hydroxylation sites is 1. The molecule has 0 fully saturated rings. The second-order valence-electron chi connectivity index (χ2n) is 4.11. The van der Waals surface area contributed by atoms with Gasteiger partial charge in [-0.25, -0.2) is 4.79 Å². The molecule has 0 aromatic heterocycles. The van der Waals surface area contributed by atoms with E-state index in [0.717, 1.165) is 11.3 Å². The van der Waals surface area contributed by atoms with Crippen molar-refractivity contribution in [1.29, 1.82) is 0 Å². The molecular weight excluding hydrogens is 260 g/mol. The van der Waals surface area contributed by atoms with Gasteiger partial charge in [-0.05, 0) is 19.9 Å². The first kappa shape index (κ1) is 15.8. The lowest BCUT2D eigenvalue weighted by Gasteiger charge is -2.22. The fraction of sp³-hybridized carbons (Fsp3) is 0.429. The second kappa shape index (κ2) is 8.04. The minimum Gasteiger partial charge on any atom is -0.494 e. The normalized spacial score (nSPS) is 9.90. The summed E-state index contributed by atoms with van der Waals surface area (Å²) >= 11 is 0. The first-order valence-electron chi connectivity index (χ1n) is 6.53. The van der Waals surface area contributed by atoms with Gasteiger partial charge in [-0.2, -0.15) is 0 Å². The Morgan fingerprint density at radius 1 is 1.30 bits per heavy atom. The average molecular weight is 280 g/mol. The number of benzene rings is 1. The first-order valence-corrected chi connectivity index (χ1v) is 6.53. The number of carboxylic acids is 1. The number of aliphatic carboxylic acids is 1. The van der Waals surface area contributed by atoms with Crippen LogP contribution in [0, 0.1) is 0 Å². The molecule has 0 aliphatic carbocycles. The van der Waals surface area contributed by atoms with E-state index in [1.165, 1.54) is 4.90 Å². The van der Waals surface area contributed by atoms with E-state index < -0.39 is 12.0 Å². The highest BCUT2D eigenvalue weighted by atomic mass is 16.5. The van der Waals surface area contributed by atoms with Crippen LogP contribution in [-0.2, 0) is 11.3 Å². The quantitative estimate of drug-likeness (QED) is 0.796. The smallest absolute Gasteiger partial charge is 0.323 e. The van der Waals surface area contributed by atoms with Crippen LogP contribution < -0.4 is 10.1 Å². The number of hydrogen-bond donors (Lipinski definition) is 2. The fourth-order valence-corrected chi connectivity index (χ4v) is 1.73. The molecule has 6 heteroatoms. The molecule has 0 aliphatic rings. The van der Waals surface area contributed by atoms with Crippen molar-refractivity contribution in [3.8, 4) is 5.75 Å². The lowest BCUT2D eigenvalue weighted by molar-refractivity contribution is -0.135. The van der Waals surface area contributed by atoms with Gasteiger partial charge in [-0.15, -0.1) is 0 Å². The van der Waals surface area contributed by atoms with Gasteiger partial charge in [-0.1, -0.05) is 18.2 Å². The van der Waals surface area contributed by atoms with Gasteiger partial charge in [0.1, 0.15) is 12.3 Å². The van der Waals surface area contributed by atoms with E-state index >= 15 is 0 Å². The molecule has 0 saturated heterocycles. The van der Waals surface area contributed by atoms with E-state index in [-0.39, 0.29) is 6.54 Å². The predicted octanol–water partition coefficient (Wildman–Crippen LogP) is 1.70. The van der Waals surface area contributed by atoms with Gasteiger partial charge in [0.25, 0.3) is 0 Å². The van der Waals surface area contributed by atoms with Crippen LogP contribution in [0.25, 0.3) is 0 Å². The van der Waals surface area contributed by atoms with Gasteiger partial charge >= 0.3 is 12.0 Å². The Labute approximate surface area is 118 Å². The fourth-order valence-electron chi connectivity index (χ4n) is 1.73. The highest BCUT2D eigenvalue weighted by molar-refractivity contribution is 5.79. The lowest BCUT2D eigenvalue weighted by atomic mass is 10.2. The molecule has 0 bridgehead atoms. The summed E-state index contributed by atoms with van der Waals surface area (Å²) in [4.78, 5) is 23.9. The van der Waals surface area contributed by atoms with E-state index in [1.807, 2.05) is 38.1 Å². The Kier molecular flexibility index (Phi) is 6.36. The van der Waals surface area contributed by atoms with Crippen LogP contribution >= 0.6 is 0 Å². The zero-order valence-electron chi connectivity index (χ0n) is 11.8. The molecule has 0 aliphatic heterocycles. The van der Waals surface area contributed by atoms with E-state index in [1.54, 1.807) is 0 Å². The molecular formula is C14H20N2O4. The summed E-state index contributed by atoms with van der Waals surface area (Å²) in [6, 6.07) is 7.08. The molecule has 0 heterocycles. The maximum atomic E-state index is 11.9. The molecule has 1 rings (SSSR count). The van der Waals surface area contributed by atoms with Crippen LogP contribution in [0.2, 0.25) is 0 Å². The molecule has 2 N–H and O–H groups in total. The van der Waals surface area contributed by atoms with Crippen LogP contribution in [0.1, 0.15) is 19.4 Å². The van der Waals surface area contributed by atoms with Crippen molar-refractivity contribution < 1.29 is 19.4 Å². The summed E-state index contributed by atoms with van der Waals surface area (Å²) in [6.45, 7) is 4.75. The van der Waals surface area contributed by atoms with Crippen LogP contribution in [0.3, 0.4) is 0 Å². The molecule has 0 unspecified atom stereocenters. The Hall–Kier alpha value is -2.24.